The zero-order valence-electron chi connectivity index (χ0n) is 16.5. The van der Waals surface area contributed by atoms with Crippen molar-refractivity contribution in [1.29, 1.82) is 5.26 Å². The van der Waals surface area contributed by atoms with E-state index >= 15 is 0 Å². The van der Waals surface area contributed by atoms with Crippen molar-refractivity contribution < 1.29 is 9.72 Å². The lowest BCUT2D eigenvalue weighted by Gasteiger charge is -2.36. The highest BCUT2D eigenvalue weighted by Gasteiger charge is 2.22. The number of hydrogen-bond acceptors (Lipinski definition) is 6. The van der Waals surface area contributed by atoms with Gasteiger partial charge in [-0.1, -0.05) is 12.1 Å². The molecule has 0 bridgehead atoms. The molecule has 1 N–H and O–H groups in total. The lowest BCUT2D eigenvalue weighted by atomic mass is 10.1. The van der Waals surface area contributed by atoms with Crippen LogP contribution in [0.15, 0.2) is 36.4 Å². The van der Waals surface area contributed by atoms with E-state index in [9.17, 15) is 20.2 Å². The maximum atomic E-state index is 12.4. The molecule has 0 atom stereocenters. The van der Waals surface area contributed by atoms with Gasteiger partial charge in [0.25, 0.3) is 5.69 Å². The Kier molecular flexibility index (Phi) is 6.10. The third kappa shape index (κ3) is 4.70. The maximum Gasteiger partial charge on any atom is 0.270 e. The van der Waals surface area contributed by atoms with Gasteiger partial charge in [0, 0.05) is 44.0 Å². The van der Waals surface area contributed by atoms with Crippen molar-refractivity contribution in [1.82, 2.24) is 4.90 Å². The van der Waals surface area contributed by atoms with Gasteiger partial charge in [-0.2, -0.15) is 5.26 Å². The van der Waals surface area contributed by atoms with E-state index in [1.54, 1.807) is 6.07 Å². The summed E-state index contributed by atoms with van der Waals surface area (Å²) in [5, 5.41) is 23.2. The summed E-state index contributed by atoms with van der Waals surface area (Å²) < 4.78 is 0. The lowest BCUT2D eigenvalue weighted by molar-refractivity contribution is -0.384. The molecule has 0 spiro atoms. The Morgan fingerprint density at radius 1 is 1.21 bits per heavy atom. The van der Waals surface area contributed by atoms with E-state index in [0.717, 1.165) is 16.8 Å². The van der Waals surface area contributed by atoms with Crippen molar-refractivity contribution >= 4 is 23.0 Å². The number of non-ortho nitro benzene ring substituents is 1. The fraction of sp³-hybridized carbons (Fsp3) is 0.333. The van der Waals surface area contributed by atoms with Crippen LogP contribution in [0.3, 0.4) is 0 Å². The number of nitro groups is 1. The van der Waals surface area contributed by atoms with Gasteiger partial charge >= 0.3 is 0 Å². The van der Waals surface area contributed by atoms with Gasteiger partial charge in [0.1, 0.15) is 6.07 Å². The van der Waals surface area contributed by atoms with E-state index in [4.69, 9.17) is 0 Å². The highest BCUT2D eigenvalue weighted by Crippen LogP contribution is 2.26. The molecule has 0 radical (unpaired) electrons. The molecule has 1 aliphatic heterocycles. The first-order valence-corrected chi connectivity index (χ1v) is 9.41. The molecule has 150 valence electrons. The second kappa shape index (κ2) is 8.71. The van der Waals surface area contributed by atoms with E-state index in [-0.39, 0.29) is 11.6 Å². The second-order valence-corrected chi connectivity index (χ2v) is 7.13. The van der Waals surface area contributed by atoms with Crippen LogP contribution in [0.1, 0.15) is 16.7 Å². The molecule has 1 heterocycles. The number of piperazine rings is 1. The summed E-state index contributed by atoms with van der Waals surface area (Å²) in [4.78, 5) is 26.9. The third-order valence-electron chi connectivity index (χ3n) is 5.27. The summed E-state index contributed by atoms with van der Waals surface area (Å²) in [7, 11) is 0. The van der Waals surface area contributed by atoms with Crippen molar-refractivity contribution in [2.75, 3.05) is 42.9 Å². The smallest absolute Gasteiger partial charge is 0.270 e. The molecule has 2 aromatic carbocycles. The van der Waals surface area contributed by atoms with Crippen LogP contribution in [-0.2, 0) is 4.79 Å². The van der Waals surface area contributed by atoms with Crippen LogP contribution in [0.25, 0.3) is 0 Å². The number of nitriles is 1. The quantitative estimate of drug-likeness (QED) is 0.619. The minimum absolute atomic E-state index is 0.0554. The van der Waals surface area contributed by atoms with Gasteiger partial charge in [-0.3, -0.25) is 19.8 Å². The average molecular weight is 393 g/mol. The molecule has 0 aliphatic carbocycles. The Balaban J connectivity index is 1.58. The Bertz CT molecular complexity index is 975. The van der Waals surface area contributed by atoms with E-state index in [2.05, 4.69) is 10.2 Å². The van der Waals surface area contributed by atoms with Crippen molar-refractivity contribution in [2.24, 2.45) is 0 Å². The number of rotatable bonds is 5. The zero-order valence-corrected chi connectivity index (χ0v) is 16.5. The third-order valence-corrected chi connectivity index (χ3v) is 5.27. The van der Waals surface area contributed by atoms with Gasteiger partial charge in [-0.15, -0.1) is 0 Å². The summed E-state index contributed by atoms with van der Waals surface area (Å²) >= 11 is 0. The molecule has 0 aromatic heterocycles. The predicted octanol–water partition coefficient (Wildman–Crippen LogP) is 2.84. The molecule has 1 aliphatic rings. The lowest BCUT2D eigenvalue weighted by Crippen LogP contribution is -2.48. The number of nitrogens with one attached hydrogen (secondary N) is 1. The number of amides is 1. The number of hydrogen-bond donors (Lipinski definition) is 1. The topological polar surface area (TPSA) is 103 Å². The molecule has 0 saturated carbocycles. The van der Waals surface area contributed by atoms with E-state index in [1.165, 1.54) is 12.1 Å². The van der Waals surface area contributed by atoms with Crippen LogP contribution in [0.4, 0.5) is 17.1 Å². The molecule has 1 fully saturated rings. The van der Waals surface area contributed by atoms with Gasteiger partial charge in [0.15, 0.2) is 0 Å². The number of carbonyl (C=O) groups excluding carboxylic acids is 1. The van der Waals surface area contributed by atoms with Crippen molar-refractivity contribution in [2.45, 2.75) is 13.8 Å². The van der Waals surface area contributed by atoms with Crippen LogP contribution in [0, 0.1) is 35.3 Å². The van der Waals surface area contributed by atoms with Gasteiger partial charge in [0.2, 0.25) is 5.91 Å². The van der Waals surface area contributed by atoms with Crippen LogP contribution in [0.2, 0.25) is 0 Å². The van der Waals surface area contributed by atoms with Gasteiger partial charge < -0.3 is 10.2 Å². The minimum Gasteiger partial charge on any atom is -0.368 e. The predicted molar refractivity (Wildman–Crippen MR) is 111 cm³/mol. The Labute approximate surface area is 169 Å². The van der Waals surface area contributed by atoms with E-state index < -0.39 is 4.92 Å². The first kappa shape index (κ1) is 20.3. The molecule has 1 amide bonds. The summed E-state index contributed by atoms with van der Waals surface area (Å²) in [6.07, 6.45) is 0. The van der Waals surface area contributed by atoms with Crippen molar-refractivity contribution in [3.05, 3.63) is 63.2 Å². The molecule has 3 rings (SSSR count). The van der Waals surface area contributed by atoms with Crippen LogP contribution < -0.4 is 10.2 Å². The van der Waals surface area contributed by atoms with E-state index in [0.29, 0.717) is 44.0 Å². The van der Waals surface area contributed by atoms with E-state index in [1.807, 2.05) is 43.0 Å². The second-order valence-electron chi connectivity index (χ2n) is 7.13. The van der Waals surface area contributed by atoms with Crippen molar-refractivity contribution in [3.8, 4) is 6.07 Å². The number of aryl methyl sites for hydroxylation is 1. The summed E-state index contributed by atoms with van der Waals surface area (Å²) in [5.41, 5.74) is 3.92. The highest BCUT2D eigenvalue weighted by atomic mass is 16.6. The normalized spacial score (nSPS) is 14.3. The number of nitro benzene ring substituents is 1. The van der Waals surface area contributed by atoms with Crippen LogP contribution >= 0.6 is 0 Å². The number of carbonyl (C=O) groups is 1. The Morgan fingerprint density at radius 2 is 1.93 bits per heavy atom. The first-order valence-electron chi connectivity index (χ1n) is 9.41. The summed E-state index contributed by atoms with van der Waals surface area (Å²) in [5.74, 6) is -0.0554. The average Bonchev–Trinajstić information content (AvgIpc) is 2.71. The molecular formula is C21H23N5O3. The molecule has 2 aromatic rings. The maximum absolute atomic E-state index is 12.4. The summed E-state index contributed by atoms with van der Waals surface area (Å²) in [6.45, 7) is 6.92. The zero-order chi connectivity index (χ0) is 21.0. The fourth-order valence-electron chi connectivity index (χ4n) is 3.43. The standard InChI is InChI=1S/C21H23N5O3/c1-15-4-3-5-19(16(15)2)23-21(27)14-24-8-10-25(11-9-24)20-7-6-18(26(28)29)12-17(20)13-22/h3-7,12H,8-11,14H2,1-2H3,(H,23,27). The first-order chi connectivity index (χ1) is 13.9. The van der Waals surface area contributed by atoms with Crippen LogP contribution in [-0.4, -0.2) is 48.5 Å². The molecule has 1 saturated heterocycles. The molecular weight excluding hydrogens is 370 g/mol. The SMILES string of the molecule is Cc1cccc(NC(=O)CN2CCN(c3ccc([N+](=O)[O-])cc3C#N)CC2)c1C. The number of benzene rings is 2. The fourth-order valence-corrected chi connectivity index (χ4v) is 3.43. The van der Waals surface area contributed by atoms with Crippen LogP contribution in [0.5, 0.6) is 0 Å². The van der Waals surface area contributed by atoms with Gasteiger partial charge in [-0.05, 0) is 37.1 Å². The Morgan fingerprint density at radius 3 is 2.59 bits per heavy atom. The molecule has 8 nitrogen and oxygen atoms in total. The number of anilines is 2. The largest absolute Gasteiger partial charge is 0.368 e. The van der Waals surface area contributed by atoms with Crippen molar-refractivity contribution in [3.63, 3.8) is 0 Å². The Hall–Kier alpha value is -3.44. The monoisotopic (exact) mass is 393 g/mol. The number of nitrogens with zero attached hydrogens (tertiary/aromatic N) is 4. The molecule has 0 unspecified atom stereocenters. The van der Waals surface area contributed by atoms with Gasteiger partial charge in [-0.25, -0.2) is 0 Å². The highest BCUT2D eigenvalue weighted by molar-refractivity contribution is 5.93. The minimum atomic E-state index is -0.503. The molecule has 29 heavy (non-hydrogen) atoms. The summed E-state index contributed by atoms with van der Waals surface area (Å²) in [6, 6.07) is 12.2. The van der Waals surface area contributed by atoms with Gasteiger partial charge in [0.05, 0.1) is 22.7 Å². The molecule has 8 heteroatoms.